The molecular formula is C12H15ClO3. The molecule has 4 heteroatoms. The highest BCUT2D eigenvalue weighted by Gasteiger charge is 2.06. The second kappa shape index (κ2) is 6.51. The quantitative estimate of drug-likeness (QED) is 0.568. The maximum absolute atomic E-state index is 10.6. The lowest BCUT2D eigenvalue weighted by Gasteiger charge is -2.10. The minimum absolute atomic E-state index is 0.181. The third-order valence-corrected chi connectivity index (χ3v) is 2.32. The van der Waals surface area contributed by atoms with E-state index in [2.05, 4.69) is 0 Å². The van der Waals surface area contributed by atoms with Gasteiger partial charge in [0, 0.05) is 5.56 Å². The van der Waals surface area contributed by atoms with Gasteiger partial charge in [-0.3, -0.25) is 4.79 Å². The summed E-state index contributed by atoms with van der Waals surface area (Å²) in [7, 11) is 0. The zero-order valence-corrected chi connectivity index (χ0v) is 10.2. The predicted octanol–water partition coefficient (Wildman–Crippen LogP) is 2.96. The first-order chi connectivity index (χ1) is 7.65. The van der Waals surface area contributed by atoms with Gasteiger partial charge in [-0.25, -0.2) is 0 Å². The maximum atomic E-state index is 10.6. The molecule has 1 aromatic carbocycles. The zero-order valence-electron chi connectivity index (χ0n) is 9.40. The van der Waals surface area contributed by atoms with Gasteiger partial charge in [-0.15, -0.1) is 0 Å². The van der Waals surface area contributed by atoms with Gasteiger partial charge in [0.2, 0.25) is 0 Å². The van der Waals surface area contributed by atoms with E-state index in [1.54, 1.807) is 18.2 Å². The van der Waals surface area contributed by atoms with Crippen LogP contribution in [0, 0.1) is 0 Å². The van der Waals surface area contributed by atoms with Crippen molar-refractivity contribution in [1.29, 1.82) is 0 Å². The summed E-state index contributed by atoms with van der Waals surface area (Å²) in [5.74, 6) is 0.513. The lowest BCUT2D eigenvalue weighted by atomic mass is 10.2. The van der Waals surface area contributed by atoms with E-state index >= 15 is 0 Å². The van der Waals surface area contributed by atoms with Crippen LogP contribution in [-0.4, -0.2) is 25.6 Å². The second-order valence-electron chi connectivity index (χ2n) is 3.55. The van der Waals surface area contributed by atoms with Gasteiger partial charge in [-0.05, 0) is 26.0 Å². The van der Waals surface area contributed by atoms with E-state index in [9.17, 15) is 4.79 Å². The van der Waals surface area contributed by atoms with Crippen molar-refractivity contribution in [2.24, 2.45) is 0 Å². The summed E-state index contributed by atoms with van der Waals surface area (Å²) in [4.78, 5) is 10.6. The Morgan fingerprint density at radius 1 is 1.38 bits per heavy atom. The molecule has 0 heterocycles. The van der Waals surface area contributed by atoms with E-state index in [0.29, 0.717) is 35.8 Å². The molecule has 0 spiro atoms. The Hall–Kier alpha value is -1.06. The number of carbonyl (C=O) groups is 1. The molecule has 1 aromatic rings. The van der Waals surface area contributed by atoms with Gasteiger partial charge < -0.3 is 9.47 Å². The van der Waals surface area contributed by atoms with E-state index in [0.717, 1.165) is 0 Å². The van der Waals surface area contributed by atoms with Crippen LogP contribution < -0.4 is 4.74 Å². The fraction of sp³-hybridized carbons (Fsp3) is 0.417. The molecule has 0 aliphatic carbocycles. The first-order valence-electron chi connectivity index (χ1n) is 5.13. The number of hydrogen-bond donors (Lipinski definition) is 0. The van der Waals surface area contributed by atoms with Crippen LogP contribution in [0.2, 0.25) is 5.02 Å². The molecule has 0 bridgehead atoms. The molecule has 0 N–H and O–H groups in total. The summed E-state index contributed by atoms with van der Waals surface area (Å²) in [5.41, 5.74) is 0.434. The Labute approximate surface area is 100 Å². The van der Waals surface area contributed by atoms with Gasteiger partial charge in [0.1, 0.15) is 12.4 Å². The third-order valence-electron chi connectivity index (χ3n) is 1.91. The van der Waals surface area contributed by atoms with Gasteiger partial charge in [0.25, 0.3) is 0 Å². The smallest absolute Gasteiger partial charge is 0.151 e. The molecular weight excluding hydrogens is 228 g/mol. The molecule has 0 radical (unpaired) electrons. The summed E-state index contributed by atoms with van der Waals surface area (Å²) in [6.07, 6.45) is 0.889. The van der Waals surface area contributed by atoms with Gasteiger partial charge in [0.15, 0.2) is 6.29 Å². The summed E-state index contributed by atoms with van der Waals surface area (Å²) < 4.78 is 10.7. The average Bonchev–Trinajstić information content (AvgIpc) is 2.26. The number of hydrogen-bond acceptors (Lipinski definition) is 3. The molecule has 0 unspecified atom stereocenters. The Morgan fingerprint density at radius 2 is 2.12 bits per heavy atom. The standard InChI is InChI=1S/C12H15ClO3/c1-9(2)15-6-7-16-11-5-3-4-10(8-14)12(11)13/h3-5,8-9H,6-7H2,1-2H3. The van der Waals surface area contributed by atoms with Crippen molar-refractivity contribution >= 4 is 17.9 Å². The monoisotopic (exact) mass is 242 g/mol. The second-order valence-corrected chi connectivity index (χ2v) is 3.92. The molecule has 88 valence electrons. The lowest BCUT2D eigenvalue weighted by molar-refractivity contribution is 0.0553. The van der Waals surface area contributed by atoms with Crippen molar-refractivity contribution in [3.05, 3.63) is 28.8 Å². The molecule has 0 aliphatic rings. The van der Waals surface area contributed by atoms with Crippen LogP contribution >= 0.6 is 11.6 Å². The Balaban J connectivity index is 2.51. The van der Waals surface area contributed by atoms with Crippen molar-refractivity contribution in [2.45, 2.75) is 20.0 Å². The molecule has 0 saturated heterocycles. The fourth-order valence-electron chi connectivity index (χ4n) is 1.17. The Morgan fingerprint density at radius 3 is 2.75 bits per heavy atom. The Kier molecular flexibility index (Phi) is 5.29. The van der Waals surface area contributed by atoms with E-state index in [1.165, 1.54) is 0 Å². The topological polar surface area (TPSA) is 35.5 Å². The van der Waals surface area contributed by atoms with Gasteiger partial charge in [0.05, 0.1) is 17.7 Å². The molecule has 0 aliphatic heterocycles. The zero-order chi connectivity index (χ0) is 12.0. The largest absolute Gasteiger partial charge is 0.490 e. The van der Waals surface area contributed by atoms with E-state index in [1.807, 2.05) is 13.8 Å². The van der Waals surface area contributed by atoms with Gasteiger partial charge in [-0.1, -0.05) is 17.7 Å². The van der Waals surface area contributed by atoms with Gasteiger partial charge >= 0.3 is 0 Å². The lowest BCUT2D eigenvalue weighted by Crippen LogP contribution is -2.11. The molecule has 0 aromatic heterocycles. The molecule has 0 fully saturated rings. The molecule has 0 atom stereocenters. The van der Waals surface area contributed by atoms with E-state index in [4.69, 9.17) is 21.1 Å². The van der Waals surface area contributed by atoms with E-state index < -0.39 is 0 Å². The van der Waals surface area contributed by atoms with Crippen molar-refractivity contribution in [2.75, 3.05) is 13.2 Å². The van der Waals surface area contributed by atoms with Crippen molar-refractivity contribution < 1.29 is 14.3 Å². The summed E-state index contributed by atoms with van der Waals surface area (Å²) in [6.45, 7) is 4.83. The minimum atomic E-state index is 0.181. The molecule has 16 heavy (non-hydrogen) atoms. The van der Waals surface area contributed by atoms with Gasteiger partial charge in [-0.2, -0.15) is 0 Å². The highest BCUT2D eigenvalue weighted by molar-refractivity contribution is 6.34. The summed E-state index contributed by atoms with van der Waals surface area (Å²) in [6, 6.07) is 5.10. The summed E-state index contributed by atoms with van der Waals surface area (Å²) >= 11 is 5.95. The molecule has 0 saturated carbocycles. The van der Waals surface area contributed by atoms with Crippen LogP contribution in [0.3, 0.4) is 0 Å². The highest BCUT2D eigenvalue weighted by atomic mass is 35.5. The maximum Gasteiger partial charge on any atom is 0.151 e. The van der Waals surface area contributed by atoms with Crippen molar-refractivity contribution in [3.8, 4) is 5.75 Å². The fourth-order valence-corrected chi connectivity index (χ4v) is 1.39. The minimum Gasteiger partial charge on any atom is -0.490 e. The SMILES string of the molecule is CC(C)OCCOc1cccc(C=O)c1Cl. The first-order valence-corrected chi connectivity index (χ1v) is 5.51. The van der Waals surface area contributed by atoms with E-state index in [-0.39, 0.29) is 6.10 Å². The predicted molar refractivity (Wildman–Crippen MR) is 63.4 cm³/mol. The van der Waals surface area contributed by atoms with Crippen LogP contribution in [0.1, 0.15) is 24.2 Å². The number of carbonyl (C=O) groups excluding carboxylic acids is 1. The van der Waals surface area contributed by atoms with Crippen molar-refractivity contribution in [3.63, 3.8) is 0 Å². The van der Waals surface area contributed by atoms with Crippen LogP contribution in [0.4, 0.5) is 0 Å². The van der Waals surface area contributed by atoms with Crippen LogP contribution in [-0.2, 0) is 4.74 Å². The number of aldehydes is 1. The molecule has 0 amide bonds. The van der Waals surface area contributed by atoms with Crippen LogP contribution in [0.5, 0.6) is 5.75 Å². The number of halogens is 1. The van der Waals surface area contributed by atoms with Crippen molar-refractivity contribution in [1.82, 2.24) is 0 Å². The number of benzene rings is 1. The molecule has 1 rings (SSSR count). The third kappa shape index (κ3) is 3.83. The van der Waals surface area contributed by atoms with Crippen LogP contribution in [0.15, 0.2) is 18.2 Å². The Bertz CT molecular complexity index is 350. The summed E-state index contributed by atoms with van der Waals surface area (Å²) in [5, 5.41) is 0.349. The number of rotatable bonds is 6. The average molecular weight is 243 g/mol. The van der Waals surface area contributed by atoms with Crippen LogP contribution in [0.25, 0.3) is 0 Å². The normalized spacial score (nSPS) is 10.5. The highest BCUT2D eigenvalue weighted by Crippen LogP contribution is 2.26. The first kappa shape index (κ1) is 13.0. The molecule has 3 nitrogen and oxygen atoms in total. The number of ether oxygens (including phenoxy) is 2.